The minimum atomic E-state index is -0.352. The number of benzene rings is 1. The second-order valence-electron chi connectivity index (χ2n) is 5.90. The van der Waals surface area contributed by atoms with Crippen molar-refractivity contribution in [1.29, 1.82) is 0 Å². The number of ether oxygens (including phenoxy) is 1. The summed E-state index contributed by atoms with van der Waals surface area (Å²) in [5.74, 6) is 1.54. The summed E-state index contributed by atoms with van der Waals surface area (Å²) in [5, 5.41) is 12.6. The van der Waals surface area contributed by atoms with Gasteiger partial charge in [-0.15, -0.1) is 0 Å². The van der Waals surface area contributed by atoms with E-state index < -0.39 is 0 Å². The number of methoxy groups -OCH3 is 1. The molecule has 1 atom stereocenters. The Morgan fingerprint density at radius 2 is 2.09 bits per heavy atom. The van der Waals surface area contributed by atoms with Crippen molar-refractivity contribution in [2.45, 2.75) is 31.7 Å². The lowest BCUT2D eigenvalue weighted by molar-refractivity contribution is 0.149. The highest BCUT2D eigenvalue weighted by atomic mass is 16.5. The van der Waals surface area contributed by atoms with Crippen molar-refractivity contribution >= 4 is 6.03 Å². The van der Waals surface area contributed by atoms with Gasteiger partial charge in [-0.25, -0.2) is 4.79 Å². The average Bonchev–Trinajstić information content (AvgIpc) is 2.50. The van der Waals surface area contributed by atoms with Gasteiger partial charge < -0.3 is 20.1 Å². The molecule has 0 radical (unpaired) electrons. The van der Waals surface area contributed by atoms with Gasteiger partial charge in [0.2, 0.25) is 0 Å². The van der Waals surface area contributed by atoms with Gasteiger partial charge in [-0.1, -0.05) is 31.4 Å². The zero-order chi connectivity index (χ0) is 15.9. The molecule has 1 saturated carbocycles. The van der Waals surface area contributed by atoms with E-state index in [-0.39, 0.29) is 18.7 Å². The number of nitrogens with one attached hydrogen (secondary N) is 1. The third kappa shape index (κ3) is 4.13. The summed E-state index contributed by atoms with van der Waals surface area (Å²) in [6.45, 7) is 0.591. The van der Waals surface area contributed by atoms with Crippen molar-refractivity contribution in [3.8, 4) is 5.75 Å². The number of aliphatic hydroxyl groups excluding tert-OH is 1. The fraction of sp³-hybridized carbons (Fsp3) is 0.588. The maximum absolute atomic E-state index is 12.2. The van der Waals surface area contributed by atoms with Crippen molar-refractivity contribution < 1.29 is 14.6 Å². The molecule has 1 aliphatic rings. The highest BCUT2D eigenvalue weighted by molar-refractivity contribution is 5.74. The van der Waals surface area contributed by atoms with E-state index in [2.05, 4.69) is 5.32 Å². The molecular weight excluding hydrogens is 280 g/mol. The molecule has 22 heavy (non-hydrogen) atoms. The van der Waals surface area contributed by atoms with Crippen LogP contribution >= 0.6 is 0 Å². The van der Waals surface area contributed by atoms with Crippen LogP contribution in [-0.4, -0.2) is 43.3 Å². The Morgan fingerprint density at radius 3 is 2.59 bits per heavy atom. The first-order valence-electron chi connectivity index (χ1n) is 7.91. The SMILES string of the molecule is COc1ccc(C(CO)N(C)C(=O)NCCC2CCC2)cc1. The standard InChI is InChI=1S/C17H26N2O3/c1-19(17(21)18-11-10-13-4-3-5-13)16(12-20)14-6-8-15(22-2)9-7-14/h6-9,13,16,20H,3-5,10-12H2,1-2H3,(H,18,21). The average molecular weight is 306 g/mol. The number of rotatable bonds is 7. The van der Waals surface area contributed by atoms with E-state index in [4.69, 9.17) is 4.74 Å². The highest BCUT2D eigenvalue weighted by Gasteiger charge is 2.22. The number of hydrogen-bond donors (Lipinski definition) is 2. The summed E-state index contributed by atoms with van der Waals surface area (Å²) in [6.07, 6.45) is 4.95. The highest BCUT2D eigenvalue weighted by Crippen LogP contribution is 2.28. The second kappa shape index (κ2) is 8.03. The van der Waals surface area contributed by atoms with Crippen LogP contribution in [-0.2, 0) is 0 Å². The Hall–Kier alpha value is -1.75. The van der Waals surface area contributed by atoms with E-state index in [0.29, 0.717) is 6.54 Å². The van der Waals surface area contributed by atoms with Crippen LogP contribution in [0.15, 0.2) is 24.3 Å². The summed E-state index contributed by atoms with van der Waals surface area (Å²) in [5.41, 5.74) is 0.889. The van der Waals surface area contributed by atoms with E-state index in [1.54, 1.807) is 19.1 Å². The molecule has 0 heterocycles. The molecule has 0 aromatic heterocycles. The van der Waals surface area contributed by atoms with Gasteiger partial charge in [0.05, 0.1) is 19.8 Å². The number of nitrogens with zero attached hydrogens (tertiary/aromatic N) is 1. The molecule has 1 aromatic carbocycles. The molecule has 1 aliphatic carbocycles. The van der Waals surface area contributed by atoms with Crippen molar-refractivity contribution in [3.05, 3.63) is 29.8 Å². The molecule has 5 nitrogen and oxygen atoms in total. The second-order valence-corrected chi connectivity index (χ2v) is 5.90. The Balaban J connectivity index is 1.88. The number of carbonyl (C=O) groups is 1. The molecule has 1 fully saturated rings. The number of hydrogen-bond acceptors (Lipinski definition) is 3. The monoisotopic (exact) mass is 306 g/mol. The van der Waals surface area contributed by atoms with Gasteiger partial charge >= 0.3 is 6.03 Å². The van der Waals surface area contributed by atoms with Crippen LogP contribution in [0.3, 0.4) is 0 Å². The van der Waals surface area contributed by atoms with Gasteiger partial charge in [0.1, 0.15) is 5.75 Å². The van der Waals surface area contributed by atoms with Crippen molar-refractivity contribution in [2.24, 2.45) is 5.92 Å². The number of amides is 2. The van der Waals surface area contributed by atoms with Crippen LogP contribution < -0.4 is 10.1 Å². The minimum Gasteiger partial charge on any atom is -0.497 e. The molecule has 1 unspecified atom stereocenters. The Bertz CT molecular complexity index is 471. The van der Waals surface area contributed by atoms with Crippen LogP contribution in [0, 0.1) is 5.92 Å². The number of carbonyl (C=O) groups excluding carboxylic acids is 1. The van der Waals surface area contributed by atoms with E-state index in [1.807, 2.05) is 24.3 Å². The summed E-state index contributed by atoms with van der Waals surface area (Å²) in [4.78, 5) is 13.8. The lowest BCUT2D eigenvalue weighted by atomic mass is 9.83. The largest absolute Gasteiger partial charge is 0.497 e. The van der Waals surface area contributed by atoms with Crippen LogP contribution in [0.4, 0.5) is 4.79 Å². The third-order valence-electron chi connectivity index (χ3n) is 4.51. The summed E-state index contributed by atoms with van der Waals surface area (Å²) in [6, 6.07) is 6.92. The van der Waals surface area contributed by atoms with Crippen LogP contribution in [0.1, 0.15) is 37.3 Å². The van der Waals surface area contributed by atoms with E-state index >= 15 is 0 Å². The minimum absolute atomic E-state index is 0.112. The van der Waals surface area contributed by atoms with E-state index in [1.165, 1.54) is 19.3 Å². The Morgan fingerprint density at radius 1 is 1.41 bits per heavy atom. The molecule has 0 spiro atoms. The molecular formula is C17H26N2O3. The maximum atomic E-state index is 12.2. The summed E-state index contributed by atoms with van der Waals surface area (Å²) >= 11 is 0. The number of aliphatic hydroxyl groups is 1. The topological polar surface area (TPSA) is 61.8 Å². The van der Waals surface area contributed by atoms with Gasteiger partial charge in [-0.3, -0.25) is 0 Å². The molecule has 1 aromatic rings. The molecule has 2 amide bonds. The fourth-order valence-corrected chi connectivity index (χ4v) is 2.71. The van der Waals surface area contributed by atoms with Gasteiger partial charge in [0.15, 0.2) is 0 Å². The fourth-order valence-electron chi connectivity index (χ4n) is 2.71. The molecule has 2 N–H and O–H groups in total. The molecule has 0 aliphatic heterocycles. The predicted molar refractivity (Wildman–Crippen MR) is 85.9 cm³/mol. The predicted octanol–water partition coefficient (Wildman–Crippen LogP) is 2.56. The van der Waals surface area contributed by atoms with Gasteiger partial charge in [-0.05, 0) is 30.0 Å². The first-order chi connectivity index (χ1) is 10.7. The first kappa shape index (κ1) is 16.6. The first-order valence-corrected chi connectivity index (χ1v) is 7.91. The molecule has 0 bridgehead atoms. The smallest absolute Gasteiger partial charge is 0.317 e. The quantitative estimate of drug-likeness (QED) is 0.814. The van der Waals surface area contributed by atoms with E-state index in [9.17, 15) is 9.90 Å². The molecule has 5 heteroatoms. The lowest BCUT2D eigenvalue weighted by Gasteiger charge is -2.29. The summed E-state index contributed by atoms with van der Waals surface area (Å²) in [7, 11) is 3.32. The maximum Gasteiger partial charge on any atom is 0.317 e. The normalized spacial score (nSPS) is 15.8. The van der Waals surface area contributed by atoms with Crippen LogP contribution in [0.2, 0.25) is 0 Å². The molecule has 122 valence electrons. The van der Waals surface area contributed by atoms with Crippen molar-refractivity contribution in [3.63, 3.8) is 0 Å². The Labute approximate surface area is 132 Å². The van der Waals surface area contributed by atoms with Crippen molar-refractivity contribution in [2.75, 3.05) is 27.3 Å². The lowest BCUT2D eigenvalue weighted by Crippen LogP contribution is -2.41. The number of urea groups is 1. The third-order valence-corrected chi connectivity index (χ3v) is 4.51. The van der Waals surface area contributed by atoms with Gasteiger partial charge in [0.25, 0.3) is 0 Å². The molecule has 2 rings (SSSR count). The number of likely N-dealkylation sites (N-methyl/N-ethyl adjacent to an activating group) is 1. The van der Waals surface area contributed by atoms with Gasteiger partial charge in [0, 0.05) is 13.6 Å². The molecule has 0 saturated heterocycles. The van der Waals surface area contributed by atoms with Crippen molar-refractivity contribution in [1.82, 2.24) is 10.2 Å². The van der Waals surface area contributed by atoms with E-state index in [0.717, 1.165) is 23.7 Å². The van der Waals surface area contributed by atoms with Crippen LogP contribution in [0.5, 0.6) is 5.75 Å². The Kier molecular flexibility index (Phi) is 6.07. The summed E-state index contributed by atoms with van der Waals surface area (Å²) < 4.78 is 5.13. The van der Waals surface area contributed by atoms with Gasteiger partial charge in [-0.2, -0.15) is 0 Å². The van der Waals surface area contributed by atoms with Crippen LogP contribution in [0.25, 0.3) is 0 Å². The zero-order valence-corrected chi connectivity index (χ0v) is 13.4. The zero-order valence-electron chi connectivity index (χ0n) is 13.4.